The molecule has 4 nitrogen and oxygen atoms in total. The molecule has 0 saturated heterocycles. The highest BCUT2D eigenvalue weighted by molar-refractivity contribution is 5.93. The first kappa shape index (κ1) is 15.3. The van der Waals surface area contributed by atoms with E-state index in [1.165, 1.54) is 0 Å². The molecule has 1 aromatic carbocycles. The van der Waals surface area contributed by atoms with E-state index in [0.29, 0.717) is 42.1 Å². The summed E-state index contributed by atoms with van der Waals surface area (Å²) in [7, 11) is 0. The highest BCUT2D eigenvalue weighted by Gasteiger charge is 2.11. The Morgan fingerprint density at radius 1 is 1.05 bits per heavy atom. The summed E-state index contributed by atoms with van der Waals surface area (Å²) in [5.74, 6) is 1.58. The topological polar surface area (TPSA) is 61.5 Å². The highest BCUT2D eigenvalue weighted by Crippen LogP contribution is 2.29. The molecule has 2 N–H and O–H groups in total. The van der Waals surface area contributed by atoms with Gasteiger partial charge in [0.05, 0.1) is 13.2 Å². The predicted octanol–water partition coefficient (Wildman–Crippen LogP) is 2.86. The average molecular weight is 265 g/mol. The van der Waals surface area contributed by atoms with Crippen LogP contribution in [0, 0.1) is 11.8 Å². The van der Waals surface area contributed by atoms with Gasteiger partial charge in [-0.1, -0.05) is 27.7 Å². The van der Waals surface area contributed by atoms with Gasteiger partial charge in [-0.2, -0.15) is 0 Å². The largest absolute Gasteiger partial charge is 0.489 e. The summed E-state index contributed by atoms with van der Waals surface area (Å²) >= 11 is 0. The van der Waals surface area contributed by atoms with Gasteiger partial charge in [-0.15, -0.1) is 0 Å². The Balaban J connectivity index is 2.90. The number of primary amides is 1. The van der Waals surface area contributed by atoms with Gasteiger partial charge in [0.25, 0.3) is 0 Å². The Labute approximate surface area is 114 Å². The maximum Gasteiger partial charge on any atom is 0.248 e. The lowest BCUT2D eigenvalue weighted by atomic mass is 10.2. The second kappa shape index (κ2) is 7.02. The fourth-order valence-electron chi connectivity index (χ4n) is 1.41. The van der Waals surface area contributed by atoms with Crippen LogP contribution in [-0.2, 0) is 0 Å². The van der Waals surface area contributed by atoms with E-state index >= 15 is 0 Å². The molecular formula is C15H23NO3. The number of nitrogens with two attached hydrogens (primary N) is 1. The van der Waals surface area contributed by atoms with Gasteiger partial charge < -0.3 is 15.2 Å². The molecule has 0 aromatic heterocycles. The van der Waals surface area contributed by atoms with Crippen LogP contribution in [0.1, 0.15) is 38.1 Å². The van der Waals surface area contributed by atoms with E-state index < -0.39 is 5.91 Å². The standard InChI is InChI=1S/C15H23NO3/c1-10(2)8-18-13-6-5-12(15(16)17)7-14(13)19-9-11(3)4/h5-7,10-11H,8-9H2,1-4H3,(H2,16,17). The fourth-order valence-corrected chi connectivity index (χ4v) is 1.41. The molecule has 19 heavy (non-hydrogen) atoms. The molecule has 0 aliphatic carbocycles. The summed E-state index contributed by atoms with van der Waals surface area (Å²) in [6, 6.07) is 5.03. The molecule has 0 aliphatic heterocycles. The van der Waals surface area contributed by atoms with Crippen molar-refractivity contribution in [2.24, 2.45) is 17.6 Å². The number of ether oxygens (including phenoxy) is 2. The average Bonchev–Trinajstić information content (AvgIpc) is 2.33. The number of amides is 1. The molecule has 0 spiro atoms. The van der Waals surface area contributed by atoms with Gasteiger partial charge in [-0.25, -0.2) is 0 Å². The molecule has 1 amide bonds. The van der Waals surface area contributed by atoms with Crippen LogP contribution in [0.3, 0.4) is 0 Å². The molecule has 0 radical (unpaired) electrons. The maximum absolute atomic E-state index is 11.2. The summed E-state index contributed by atoms with van der Waals surface area (Å²) in [6.45, 7) is 9.45. The molecule has 0 fully saturated rings. The first-order valence-corrected chi connectivity index (χ1v) is 6.59. The van der Waals surface area contributed by atoms with Crippen molar-refractivity contribution in [1.29, 1.82) is 0 Å². The Hall–Kier alpha value is -1.71. The quantitative estimate of drug-likeness (QED) is 0.824. The van der Waals surface area contributed by atoms with Gasteiger partial charge in [-0.05, 0) is 30.0 Å². The van der Waals surface area contributed by atoms with Crippen LogP contribution >= 0.6 is 0 Å². The number of hydrogen-bond acceptors (Lipinski definition) is 3. The van der Waals surface area contributed by atoms with E-state index in [9.17, 15) is 4.79 Å². The van der Waals surface area contributed by atoms with Gasteiger partial charge in [0.2, 0.25) is 5.91 Å². The van der Waals surface area contributed by atoms with Crippen LogP contribution in [0.2, 0.25) is 0 Å². The van der Waals surface area contributed by atoms with Crippen molar-refractivity contribution in [2.75, 3.05) is 13.2 Å². The Morgan fingerprint density at radius 3 is 2.05 bits per heavy atom. The van der Waals surface area contributed by atoms with Crippen molar-refractivity contribution in [3.8, 4) is 11.5 Å². The second-order valence-electron chi connectivity index (χ2n) is 5.44. The first-order chi connectivity index (χ1) is 8.90. The third-order valence-corrected chi connectivity index (χ3v) is 2.37. The minimum Gasteiger partial charge on any atom is -0.489 e. The van der Waals surface area contributed by atoms with Crippen molar-refractivity contribution < 1.29 is 14.3 Å². The number of carbonyl (C=O) groups is 1. The third-order valence-electron chi connectivity index (χ3n) is 2.37. The van der Waals surface area contributed by atoms with Gasteiger partial charge in [-0.3, -0.25) is 4.79 Å². The molecule has 1 rings (SSSR count). The third kappa shape index (κ3) is 5.20. The second-order valence-corrected chi connectivity index (χ2v) is 5.44. The summed E-state index contributed by atoms with van der Waals surface area (Å²) < 4.78 is 11.4. The number of benzene rings is 1. The fraction of sp³-hybridized carbons (Fsp3) is 0.533. The van der Waals surface area contributed by atoms with Crippen LogP contribution in [0.4, 0.5) is 0 Å². The molecular weight excluding hydrogens is 242 g/mol. The highest BCUT2D eigenvalue weighted by atomic mass is 16.5. The van der Waals surface area contributed by atoms with E-state index in [4.69, 9.17) is 15.2 Å². The minimum absolute atomic E-state index is 0.398. The summed E-state index contributed by atoms with van der Waals surface area (Å²) in [4.78, 5) is 11.2. The molecule has 1 aromatic rings. The molecule has 106 valence electrons. The Bertz CT molecular complexity index is 427. The number of rotatable bonds is 7. The summed E-state index contributed by atoms with van der Waals surface area (Å²) in [5.41, 5.74) is 5.70. The molecule has 0 atom stereocenters. The van der Waals surface area contributed by atoms with Gasteiger partial charge in [0.15, 0.2) is 11.5 Å². The smallest absolute Gasteiger partial charge is 0.248 e. The van der Waals surface area contributed by atoms with E-state index in [0.717, 1.165) is 0 Å². The van der Waals surface area contributed by atoms with Gasteiger partial charge in [0, 0.05) is 5.56 Å². The van der Waals surface area contributed by atoms with E-state index in [2.05, 4.69) is 27.7 Å². The van der Waals surface area contributed by atoms with Gasteiger partial charge >= 0.3 is 0 Å². The summed E-state index contributed by atoms with van der Waals surface area (Å²) in [6.07, 6.45) is 0. The zero-order valence-corrected chi connectivity index (χ0v) is 12.1. The zero-order chi connectivity index (χ0) is 14.4. The number of hydrogen-bond donors (Lipinski definition) is 1. The van der Waals surface area contributed by atoms with Crippen LogP contribution < -0.4 is 15.2 Å². The lowest BCUT2D eigenvalue weighted by Crippen LogP contribution is -2.13. The van der Waals surface area contributed by atoms with Crippen molar-refractivity contribution >= 4 is 5.91 Å². The van der Waals surface area contributed by atoms with Crippen LogP contribution in [0.15, 0.2) is 18.2 Å². The minimum atomic E-state index is -0.468. The van der Waals surface area contributed by atoms with Crippen molar-refractivity contribution in [3.05, 3.63) is 23.8 Å². The normalized spacial score (nSPS) is 10.8. The van der Waals surface area contributed by atoms with Gasteiger partial charge in [0.1, 0.15) is 0 Å². The van der Waals surface area contributed by atoms with Crippen LogP contribution in [0.25, 0.3) is 0 Å². The molecule has 4 heteroatoms. The van der Waals surface area contributed by atoms with Crippen LogP contribution in [-0.4, -0.2) is 19.1 Å². The van der Waals surface area contributed by atoms with Crippen molar-refractivity contribution in [2.45, 2.75) is 27.7 Å². The summed E-state index contributed by atoms with van der Waals surface area (Å²) in [5, 5.41) is 0. The lowest BCUT2D eigenvalue weighted by Gasteiger charge is -2.15. The van der Waals surface area contributed by atoms with E-state index in [1.807, 2.05) is 0 Å². The van der Waals surface area contributed by atoms with E-state index in [1.54, 1.807) is 18.2 Å². The molecule has 0 unspecified atom stereocenters. The SMILES string of the molecule is CC(C)COc1ccc(C(N)=O)cc1OCC(C)C. The molecule has 0 bridgehead atoms. The maximum atomic E-state index is 11.2. The zero-order valence-electron chi connectivity index (χ0n) is 12.1. The van der Waals surface area contributed by atoms with Crippen LogP contribution in [0.5, 0.6) is 11.5 Å². The molecule has 0 heterocycles. The molecule has 0 aliphatic rings. The lowest BCUT2D eigenvalue weighted by molar-refractivity contribution is 0.0999. The Kier molecular flexibility index (Phi) is 5.67. The van der Waals surface area contributed by atoms with Crippen molar-refractivity contribution in [1.82, 2.24) is 0 Å². The first-order valence-electron chi connectivity index (χ1n) is 6.59. The number of carbonyl (C=O) groups excluding carboxylic acids is 1. The predicted molar refractivity (Wildman–Crippen MR) is 75.6 cm³/mol. The van der Waals surface area contributed by atoms with E-state index in [-0.39, 0.29) is 0 Å². The van der Waals surface area contributed by atoms with Crippen molar-refractivity contribution in [3.63, 3.8) is 0 Å². The monoisotopic (exact) mass is 265 g/mol. The molecule has 0 saturated carbocycles. The Morgan fingerprint density at radius 2 is 1.58 bits per heavy atom.